The maximum Gasteiger partial charge on any atom is 0.237 e. The van der Waals surface area contributed by atoms with Gasteiger partial charge in [-0.1, -0.05) is 78.3 Å². The number of likely N-dealkylation sites (N-methyl/N-ethyl adjacent to an activating group) is 1. The van der Waals surface area contributed by atoms with E-state index in [0.717, 1.165) is 12.0 Å². The summed E-state index contributed by atoms with van der Waals surface area (Å²) in [7, 11) is 1.94. The minimum absolute atomic E-state index is 0.0365. The van der Waals surface area contributed by atoms with E-state index in [0.29, 0.717) is 24.5 Å². The van der Waals surface area contributed by atoms with E-state index in [-0.39, 0.29) is 18.6 Å². The van der Waals surface area contributed by atoms with Crippen molar-refractivity contribution < 1.29 is 9.90 Å². The highest BCUT2D eigenvalue weighted by Crippen LogP contribution is 2.43. The summed E-state index contributed by atoms with van der Waals surface area (Å²) in [5.74, 6) is -0.0780. The van der Waals surface area contributed by atoms with Crippen LogP contribution in [0, 0.1) is 0 Å². The van der Waals surface area contributed by atoms with Gasteiger partial charge in [0.05, 0.1) is 6.04 Å². The molecule has 0 aliphatic heterocycles. The van der Waals surface area contributed by atoms with E-state index in [4.69, 9.17) is 11.6 Å². The van der Waals surface area contributed by atoms with Gasteiger partial charge in [0.1, 0.15) is 0 Å². The van der Waals surface area contributed by atoms with E-state index in [1.54, 1.807) is 0 Å². The third-order valence-electron chi connectivity index (χ3n) is 6.17. The van der Waals surface area contributed by atoms with Gasteiger partial charge in [-0.3, -0.25) is 9.69 Å². The second-order valence-corrected chi connectivity index (χ2v) is 8.79. The summed E-state index contributed by atoms with van der Waals surface area (Å²) < 4.78 is 0. The maximum absolute atomic E-state index is 12.9. The molecule has 0 bridgehead atoms. The summed E-state index contributed by atoms with van der Waals surface area (Å²) in [5.41, 5.74) is 7.30. The summed E-state index contributed by atoms with van der Waals surface area (Å²) >= 11 is 5.93. The molecule has 1 atom stereocenters. The van der Waals surface area contributed by atoms with Crippen LogP contribution >= 0.6 is 11.6 Å². The number of aliphatic hydroxyl groups is 1. The molecular formula is C28H29ClN2O2. The molecule has 0 fully saturated rings. The van der Waals surface area contributed by atoms with Gasteiger partial charge in [0.15, 0.2) is 0 Å². The van der Waals surface area contributed by atoms with Crippen LogP contribution < -0.4 is 5.32 Å². The standard InChI is InChI=1S/C28H29ClN2O2/c1-31(27(16-18-32)28(33)30-19-20-12-14-21(29)15-13-20)17-6-11-26-24-9-4-2-7-22(24)23-8-3-5-10-25(23)26/h2-5,7-15,27,32H,6,16-19H2,1H3,(H,30,33). The molecule has 0 saturated carbocycles. The monoisotopic (exact) mass is 460 g/mol. The summed E-state index contributed by atoms with van der Waals surface area (Å²) in [6.45, 7) is 1.11. The number of nitrogens with zero attached hydrogens (tertiary/aromatic N) is 1. The fraction of sp³-hybridized carbons (Fsp3) is 0.250. The van der Waals surface area contributed by atoms with Crippen LogP contribution in [0.1, 0.15) is 29.5 Å². The Hall–Kier alpha value is -2.92. The highest BCUT2D eigenvalue weighted by molar-refractivity contribution is 6.30. The first kappa shape index (κ1) is 23.2. The van der Waals surface area contributed by atoms with Crippen molar-refractivity contribution in [2.45, 2.75) is 25.4 Å². The zero-order valence-electron chi connectivity index (χ0n) is 18.8. The number of fused-ring (bicyclic) bond motifs is 3. The third kappa shape index (κ3) is 5.36. The van der Waals surface area contributed by atoms with E-state index >= 15 is 0 Å². The number of hydrogen-bond acceptors (Lipinski definition) is 3. The highest BCUT2D eigenvalue weighted by Gasteiger charge is 2.24. The molecule has 4 rings (SSSR count). The van der Waals surface area contributed by atoms with Gasteiger partial charge in [0.25, 0.3) is 0 Å². The predicted molar refractivity (Wildman–Crippen MR) is 135 cm³/mol. The fourth-order valence-electron chi connectivity index (χ4n) is 4.42. The molecule has 1 unspecified atom stereocenters. The normalized spacial score (nSPS) is 12.9. The van der Waals surface area contributed by atoms with Crippen molar-refractivity contribution in [2.75, 3.05) is 20.2 Å². The predicted octanol–water partition coefficient (Wildman–Crippen LogP) is 5.14. The van der Waals surface area contributed by atoms with Crippen LogP contribution in [0.25, 0.3) is 16.7 Å². The Morgan fingerprint density at radius 3 is 2.12 bits per heavy atom. The van der Waals surface area contributed by atoms with Crippen molar-refractivity contribution in [3.05, 3.63) is 101 Å². The van der Waals surface area contributed by atoms with Crippen LogP contribution in [0.3, 0.4) is 0 Å². The van der Waals surface area contributed by atoms with Crippen molar-refractivity contribution in [3.63, 3.8) is 0 Å². The van der Waals surface area contributed by atoms with E-state index in [1.165, 1.54) is 27.8 Å². The second kappa shape index (κ2) is 10.8. The number of halogens is 1. The van der Waals surface area contributed by atoms with Crippen LogP contribution in [0.4, 0.5) is 0 Å². The zero-order chi connectivity index (χ0) is 23.2. The second-order valence-electron chi connectivity index (χ2n) is 8.35. The van der Waals surface area contributed by atoms with Crippen LogP contribution in [-0.2, 0) is 11.3 Å². The molecule has 170 valence electrons. The molecule has 2 N–H and O–H groups in total. The van der Waals surface area contributed by atoms with Gasteiger partial charge in [0.2, 0.25) is 5.91 Å². The molecule has 1 aliphatic rings. The molecule has 0 heterocycles. The smallest absolute Gasteiger partial charge is 0.237 e. The largest absolute Gasteiger partial charge is 0.396 e. The first-order valence-electron chi connectivity index (χ1n) is 11.3. The van der Waals surface area contributed by atoms with Crippen molar-refractivity contribution in [1.29, 1.82) is 0 Å². The summed E-state index contributed by atoms with van der Waals surface area (Å²) in [4.78, 5) is 14.9. The van der Waals surface area contributed by atoms with Gasteiger partial charge < -0.3 is 10.4 Å². The average Bonchev–Trinajstić information content (AvgIpc) is 3.16. The molecule has 5 heteroatoms. The molecule has 0 spiro atoms. The zero-order valence-corrected chi connectivity index (χ0v) is 19.6. The van der Waals surface area contributed by atoms with Crippen molar-refractivity contribution in [1.82, 2.24) is 10.2 Å². The van der Waals surface area contributed by atoms with Crippen LogP contribution in [0.2, 0.25) is 5.02 Å². The lowest BCUT2D eigenvalue weighted by Gasteiger charge is -2.26. The Balaban J connectivity index is 1.41. The topological polar surface area (TPSA) is 52.6 Å². The number of nitrogens with one attached hydrogen (secondary N) is 1. The van der Waals surface area contributed by atoms with Gasteiger partial charge in [-0.25, -0.2) is 0 Å². The quantitative estimate of drug-likeness (QED) is 0.363. The molecule has 1 amide bonds. The molecule has 0 saturated heterocycles. The Morgan fingerprint density at radius 2 is 1.55 bits per heavy atom. The minimum Gasteiger partial charge on any atom is -0.396 e. The summed E-state index contributed by atoms with van der Waals surface area (Å²) in [5, 5.41) is 13.2. The van der Waals surface area contributed by atoms with Gasteiger partial charge in [0, 0.05) is 24.7 Å². The van der Waals surface area contributed by atoms with Crippen LogP contribution in [0.15, 0.2) is 78.9 Å². The number of benzene rings is 3. The van der Waals surface area contributed by atoms with Gasteiger partial charge in [-0.05, 0) is 65.4 Å². The summed E-state index contributed by atoms with van der Waals surface area (Å²) in [6, 6.07) is 24.0. The molecule has 3 aromatic rings. The molecule has 1 aliphatic carbocycles. The molecule has 0 radical (unpaired) electrons. The molecule has 33 heavy (non-hydrogen) atoms. The van der Waals surface area contributed by atoms with Crippen molar-refractivity contribution >= 4 is 23.1 Å². The number of carbonyl (C=O) groups excluding carboxylic acids is 1. The summed E-state index contributed by atoms with van der Waals surface area (Å²) in [6.07, 6.45) is 3.47. The third-order valence-corrected chi connectivity index (χ3v) is 6.42. The number of hydrogen-bond donors (Lipinski definition) is 2. The number of carbonyl (C=O) groups is 1. The molecule has 0 aromatic heterocycles. The first-order valence-corrected chi connectivity index (χ1v) is 11.7. The van der Waals surface area contributed by atoms with Gasteiger partial charge >= 0.3 is 0 Å². The van der Waals surface area contributed by atoms with E-state index in [9.17, 15) is 9.90 Å². The van der Waals surface area contributed by atoms with E-state index < -0.39 is 0 Å². The lowest BCUT2D eigenvalue weighted by Crippen LogP contribution is -2.45. The number of amides is 1. The van der Waals surface area contributed by atoms with Gasteiger partial charge in [-0.2, -0.15) is 0 Å². The van der Waals surface area contributed by atoms with E-state index in [2.05, 4.69) is 59.9 Å². The maximum atomic E-state index is 12.9. The fourth-order valence-corrected chi connectivity index (χ4v) is 4.55. The van der Waals surface area contributed by atoms with E-state index in [1.807, 2.05) is 36.2 Å². The Kier molecular flexibility index (Phi) is 7.61. The molecule has 4 nitrogen and oxygen atoms in total. The average molecular weight is 461 g/mol. The first-order chi connectivity index (χ1) is 16.1. The van der Waals surface area contributed by atoms with Crippen molar-refractivity contribution in [2.24, 2.45) is 0 Å². The Labute approximate surface area is 200 Å². The lowest BCUT2D eigenvalue weighted by atomic mass is 10.0. The van der Waals surface area contributed by atoms with Crippen LogP contribution in [-0.4, -0.2) is 42.2 Å². The molecule has 3 aromatic carbocycles. The SMILES string of the molecule is CN(CCC=C1c2ccccc2-c2ccccc21)C(CCO)C(=O)NCc1ccc(Cl)cc1. The van der Waals surface area contributed by atoms with Gasteiger partial charge in [-0.15, -0.1) is 0 Å². The Bertz CT molecular complexity index is 1090. The highest BCUT2D eigenvalue weighted by atomic mass is 35.5. The van der Waals surface area contributed by atoms with Crippen LogP contribution in [0.5, 0.6) is 0 Å². The lowest BCUT2D eigenvalue weighted by molar-refractivity contribution is -0.126. The number of rotatable bonds is 9. The van der Waals surface area contributed by atoms with Crippen molar-refractivity contribution in [3.8, 4) is 11.1 Å². The Morgan fingerprint density at radius 1 is 0.970 bits per heavy atom. The minimum atomic E-state index is -0.385. The molecular weight excluding hydrogens is 432 g/mol. The number of aliphatic hydroxyl groups excluding tert-OH is 1.